The maximum absolute atomic E-state index is 10.1. The van der Waals surface area contributed by atoms with Crippen molar-refractivity contribution in [2.24, 2.45) is 0 Å². The molecule has 2 amide bonds. The first-order chi connectivity index (χ1) is 21.9. The van der Waals surface area contributed by atoms with Crippen LogP contribution in [0.15, 0.2) is 0 Å². The largest absolute Gasteiger partial charge is 0.469 e. The SMILES string of the molecule is CB(C)C.CC(=O)N(C)C.CC(=O)N(C)C.CC(C)=O.CN(C)C.COC.COC(C)=O.COC(C)=O.CS(C)(=O)=O.CSC.C[Si](C)(C)C. The third-order valence-electron chi connectivity index (χ3n) is 1.83. The van der Waals surface area contributed by atoms with Gasteiger partial charge < -0.3 is 33.7 Å². The van der Waals surface area contributed by atoms with E-state index in [1.165, 1.54) is 65.6 Å². The van der Waals surface area contributed by atoms with E-state index in [-0.39, 0.29) is 29.5 Å². The molecule has 0 aromatic rings. The zero-order valence-electron chi connectivity index (χ0n) is 37.8. The maximum atomic E-state index is 10.1. The van der Waals surface area contributed by atoms with Gasteiger partial charge in [0.15, 0.2) is 0 Å². The van der Waals surface area contributed by atoms with Gasteiger partial charge in [0.05, 0.1) is 14.2 Å². The van der Waals surface area contributed by atoms with Crippen LogP contribution in [0.2, 0.25) is 46.7 Å². The van der Waals surface area contributed by atoms with Gasteiger partial charge in [-0.2, -0.15) is 11.8 Å². The van der Waals surface area contributed by atoms with Gasteiger partial charge in [-0.1, -0.05) is 46.7 Å². The van der Waals surface area contributed by atoms with Gasteiger partial charge >= 0.3 is 11.9 Å². The van der Waals surface area contributed by atoms with Crippen molar-refractivity contribution in [2.45, 2.75) is 88.2 Å². The first kappa shape index (κ1) is 77.5. The van der Waals surface area contributed by atoms with Gasteiger partial charge in [-0.05, 0) is 47.5 Å². The Morgan fingerprint density at radius 2 is 0.620 bits per heavy atom. The summed E-state index contributed by atoms with van der Waals surface area (Å²) in [6, 6.07) is 0. The smallest absolute Gasteiger partial charge is 0.302 e. The van der Waals surface area contributed by atoms with Crippen molar-refractivity contribution in [1.29, 1.82) is 0 Å². The van der Waals surface area contributed by atoms with Gasteiger partial charge in [-0.15, -0.1) is 0 Å². The molecular formula is C33H84BN3O10S2Si. The van der Waals surface area contributed by atoms with Gasteiger partial charge in [0.1, 0.15) is 22.3 Å². The van der Waals surface area contributed by atoms with E-state index in [0.29, 0.717) is 0 Å². The monoisotopic (exact) mass is 786 g/mol. The van der Waals surface area contributed by atoms with E-state index in [0.717, 1.165) is 19.2 Å². The number of amides is 2. The van der Waals surface area contributed by atoms with Gasteiger partial charge in [0.25, 0.3) is 0 Å². The third kappa shape index (κ3) is 925. The number of thioether (sulfide) groups is 1. The van der Waals surface area contributed by atoms with Crippen molar-refractivity contribution in [3.63, 3.8) is 0 Å². The van der Waals surface area contributed by atoms with Crippen molar-refractivity contribution >= 4 is 65.9 Å². The number of rotatable bonds is 0. The molecule has 0 rings (SSSR count). The van der Waals surface area contributed by atoms with Crippen LogP contribution in [0.3, 0.4) is 0 Å². The minimum Gasteiger partial charge on any atom is -0.469 e. The molecule has 0 atom stereocenters. The molecule has 0 fully saturated rings. The summed E-state index contributed by atoms with van der Waals surface area (Å²) >= 11 is 1.75. The van der Waals surface area contributed by atoms with Crippen molar-refractivity contribution in [1.82, 2.24) is 14.7 Å². The van der Waals surface area contributed by atoms with E-state index >= 15 is 0 Å². The summed E-state index contributed by atoms with van der Waals surface area (Å²) in [4.78, 5) is 53.8. The van der Waals surface area contributed by atoms with E-state index in [4.69, 9.17) is 0 Å². The molecule has 0 radical (unpaired) electrons. The summed E-state index contributed by atoms with van der Waals surface area (Å²) in [6.45, 7) is 25.5. The fourth-order valence-corrected chi connectivity index (χ4v) is 0. The Morgan fingerprint density at radius 3 is 0.620 bits per heavy atom. The molecule has 0 heterocycles. The summed E-state index contributed by atoms with van der Waals surface area (Å²) in [5.41, 5.74) is 0. The maximum Gasteiger partial charge on any atom is 0.302 e. The van der Waals surface area contributed by atoms with Crippen LogP contribution in [0.25, 0.3) is 0 Å². The molecule has 0 aromatic heterocycles. The van der Waals surface area contributed by atoms with E-state index in [1.807, 2.05) is 38.6 Å². The average Bonchev–Trinajstić information content (AvgIpc) is 2.83. The summed E-state index contributed by atoms with van der Waals surface area (Å²) < 4.78 is 31.7. The second-order valence-corrected chi connectivity index (χ2v) is 22.3. The minimum atomic E-state index is -2.67. The summed E-state index contributed by atoms with van der Waals surface area (Å²) in [6.07, 6.45) is 6.40. The number of carbonyl (C=O) groups excluding carboxylic acids is 5. The number of nitrogens with zero attached hydrogens (tertiary/aromatic N) is 3. The van der Waals surface area contributed by atoms with E-state index in [1.54, 1.807) is 54.2 Å². The standard InChI is InChI=1S/2C4H9NO.C4H12Si.C3H9B.C3H9N.2C3H6O2.C3H6O.C2H6O2S.C2H6O.C2H6S/c2*1-4(6)5(2)3;1-5(2,3)4;2*1-4(2)3;2*1-3(4)5-2;1-3(2)4;1-5(2,3)4;2*1-3-2/h2*1-3H3;1-4H3;2*1-3H3;2*1-2H3;1-2H3;1-2H3;2*1-2H3. The van der Waals surface area contributed by atoms with Crippen LogP contribution in [-0.4, -0.2) is 170 Å². The zero-order chi connectivity index (χ0) is 44.0. The number of methoxy groups -OCH3 is 3. The lowest BCUT2D eigenvalue weighted by atomic mass is 9.58. The highest BCUT2D eigenvalue weighted by atomic mass is 32.2. The second-order valence-electron chi connectivity index (χ2n) is 13.2. The Balaban J connectivity index is -0.0000000374. The zero-order valence-corrected chi connectivity index (χ0v) is 40.5. The fourth-order valence-electron chi connectivity index (χ4n) is 0. The number of ether oxygens (including phenoxy) is 3. The molecule has 0 aliphatic heterocycles. The molecule has 0 N–H and O–H groups in total. The second kappa shape index (κ2) is 59.2. The lowest BCUT2D eigenvalue weighted by Crippen LogP contribution is -2.17. The van der Waals surface area contributed by atoms with Crippen LogP contribution in [0, 0.1) is 0 Å². The number of Topliss-reactive ketones (excluding diaryl/α,β-unsaturated/α-hetero) is 1. The molecule has 0 aliphatic rings. The molecule has 310 valence electrons. The first-order valence-electron chi connectivity index (χ1n) is 15.3. The Hall–Kier alpha value is -1.95. The van der Waals surface area contributed by atoms with E-state index in [9.17, 15) is 32.4 Å². The van der Waals surface area contributed by atoms with E-state index < -0.39 is 17.9 Å². The van der Waals surface area contributed by atoms with Gasteiger partial charge in [0.2, 0.25) is 11.8 Å². The van der Waals surface area contributed by atoms with Gasteiger partial charge in [-0.3, -0.25) is 19.2 Å². The molecule has 50 heavy (non-hydrogen) atoms. The number of sulfone groups is 1. The molecule has 0 spiro atoms. The minimum absolute atomic E-state index is 0.0926. The lowest BCUT2D eigenvalue weighted by Gasteiger charge is -2.02. The topological polar surface area (TPSA) is 157 Å². The van der Waals surface area contributed by atoms with Crippen molar-refractivity contribution < 1.29 is 46.6 Å². The number of ketones is 1. The molecule has 0 saturated carbocycles. The van der Waals surface area contributed by atoms with E-state index in [2.05, 4.69) is 60.9 Å². The molecule has 0 aliphatic carbocycles. The van der Waals surface area contributed by atoms with Crippen LogP contribution >= 0.6 is 11.8 Å². The Bertz CT molecular complexity index is 762. The first-order valence-corrected chi connectivity index (χ1v) is 23.3. The van der Waals surface area contributed by atoms with Crippen molar-refractivity contribution in [3.8, 4) is 0 Å². The Kier molecular flexibility index (Phi) is 91.8. The highest BCUT2D eigenvalue weighted by Gasteiger charge is 1.99. The van der Waals surface area contributed by atoms with Gasteiger partial charge in [0, 0.05) is 90.7 Å². The molecule has 0 saturated heterocycles. The lowest BCUT2D eigenvalue weighted by molar-refractivity contribution is -0.138. The fraction of sp³-hybridized carbons (Fsp3) is 0.848. The highest BCUT2D eigenvalue weighted by Crippen LogP contribution is 1.94. The van der Waals surface area contributed by atoms with Crippen molar-refractivity contribution in [2.75, 3.05) is 103 Å². The highest BCUT2D eigenvalue weighted by molar-refractivity contribution is 7.97. The molecule has 0 unspecified atom stereocenters. The molecule has 17 heteroatoms. The molecule has 0 aromatic carbocycles. The predicted molar refractivity (Wildman–Crippen MR) is 226 cm³/mol. The van der Waals surface area contributed by atoms with Crippen LogP contribution in [0.4, 0.5) is 0 Å². The summed E-state index contributed by atoms with van der Waals surface area (Å²) in [5, 5.41) is 0. The Labute approximate surface area is 317 Å². The summed E-state index contributed by atoms with van der Waals surface area (Å²) in [7, 11) is 15.6. The quantitative estimate of drug-likeness (QED) is 0.223. The Morgan fingerprint density at radius 1 is 0.580 bits per heavy atom. The third-order valence-corrected chi connectivity index (χ3v) is 1.83. The number of hydrogen-bond acceptors (Lipinski definition) is 12. The summed E-state index contributed by atoms with van der Waals surface area (Å²) in [5.74, 6) is -0.139. The van der Waals surface area contributed by atoms with Crippen molar-refractivity contribution in [3.05, 3.63) is 0 Å². The molecule has 13 nitrogen and oxygen atoms in total. The van der Waals surface area contributed by atoms with Crippen LogP contribution in [0.5, 0.6) is 0 Å². The molecule has 0 bridgehead atoms. The van der Waals surface area contributed by atoms with Crippen LogP contribution < -0.4 is 0 Å². The average molecular weight is 786 g/mol. The van der Waals surface area contributed by atoms with Crippen LogP contribution in [0.1, 0.15) is 41.5 Å². The van der Waals surface area contributed by atoms with Crippen LogP contribution in [-0.2, 0) is 48.0 Å². The normalized spacial score (nSPS) is 8.10. The molecular weight excluding hydrogens is 701 g/mol. The predicted octanol–water partition coefficient (Wildman–Crippen LogP) is 5.55. The number of carbonyl (C=O) groups is 5. The number of hydrogen-bond donors (Lipinski definition) is 0. The number of esters is 2. The van der Waals surface area contributed by atoms with Gasteiger partial charge in [-0.25, -0.2) is 8.42 Å².